The lowest BCUT2D eigenvalue weighted by Gasteiger charge is -2.42. The fraction of sp³-hybridized carbons (Fsp3) is 1.00. The van der Waals surface area contributed by atoms with E-state index in [9.17, 15) is 39.5 Å². The van der Waals surface area contributed by atoms with Crippen molar-refractivity contribution in [3.05, 3.63) is 0 Å². The molecule has 26 heavy (non-hydrogen) atoms. The van der Waals surface area contributed by atoms with Gasteiger partial charge in [0.2, 0.25) is 6.30 Å². The van der Waals surface area contributed by atoms with Gasteiger partial charge in [-0.25, -0.2) is 17.6 Å². The molecule has 0 bridgehead atoms. The van der Waals surface area contributed by atoms with Gasteiger partial charge in [-0.3, -0.25) is 4.90 Å². The van der Waals surface area contributed by atoms with Gasteiger partial charge in [0, 0.05) is 13.1 Å². The van der Waals surface area contributed by atoms with Gasteiger partial charge in [0.25, 0.3) is 6.17 Å². The van der Waals surface area contributed by atoms with E-state index in [0.717, 1.165) is 4.90 Å². The molecule has 4 unspecified atom stereocenters. The van der Waals surface area contributed by atoms with Gasteiger partial charge < -0.3 is 9.47 Å². The highest BCUT2D eigenvalue weighted by atomic mass is 19.4. The van der Waals surface area contributed by atoms with E-state index in [4.69, 9.17) is 4.74 Å². The van der Waals surface area contributed by atoms with Crippen molar-refractivity contribution in [2.45, 2.75) is 62.0 Å². The lowest BCUT2D eigenvalue weighted by atomic mass is 9.94. The van der Waals surface area contributed by atoms with Gasteiger partial charge in [0.05, 0.1) is 13.2 Å². The first kappa shape index (κ1) is 21.5. The Hall–Kier alpha value is -0.750. The largest absolute Gasteiger partial charge is 0.425 e. The third kappa shape index (κ3) is 4.38. The topological polar surface area (TPSA) is 21.7 Å². The summed E-state index contributed by atoms with van der Waals surface area (Å²) in [6, 6.07) is 0. The molecule has 2 aliphatic rings. The normalized spacial score (nSPS) is 29.4. The number of hydrogen-bond acceptors (Lipinski definition) is 3. The smallest absolute Gasteiger partial charge is 0.379 e. The van der Waals surface area contributed by atoms with Gasteiger partial charge in [0.1, 0.15) is 12.2 Å². The molecule has 4 atom stereocenters. The van der Waals surface area contributed by atoms with Crippen molar-refractivity contribution >= 4 is 0 Å². The fourth-order valence-electron chi connectivity index (χ4n) is 2.97. The first-order valence-corrected chi connectivity index (χ1v) is 7.96. The van der Waals surface area contributed by atoms with Crippen LogP contribution >= 0.6 is 0 Å². The van der Waals surface area contributed by atoms with E-state index in [1.807, 2.05) is 0 Å². The Kier molecular flexibility index (Phi) is 6.39. The Bertz CT molecular complexity index is 468. The predicted molar refractivity (Wildman–Crippen MR) is 70.6 cm³/mol. The molecule has 2 saturated heterocycles. The van der Waals surface area contributed by atoms with E-state index in [1.54, 1.807) is 0 Å². The first-order valence-electron chi connectivity index (χ1n) is 7.96. The molecule has 0 spiro atoms. The van der Waals surface area contributed by atoms with Crippen LogP contribution in [-0.4, -0.2) is 73.9 Å². The number of ether oxygens (including phenoxy) is 2. The van der Waals surface area contributed by atoms with E-state index in [1.165, 1.54) is 0 Å². The molecule has 3 nitrogen and oxygen atoms in total. The summed E-state index contributed by atoms with van der Waals surface area (Å²) in [5.74, 6) is -9.31. The number of halogens is 9. The average Bonchev–Trinajstić information content (AvgIpc) is 2.60. The second-order valence-corrected chi connectivity index (χ2v) is 6.28. The second kappa shape index (κ2) is 7.70. The Labute approximate surface area is 143 Å². The molecule has 0 aliphatic carbocycles. The first-order chi connectivity index (χ1) is 11.9. The summed E-state index contributed by atoms with van der Waals surface area (Å²) in [5, 5.41) is 0. The van der Waals surface area contributed by atoms with Gasteiger partial charge in [-0.15, -0.1) is 0 Å². The molecule has 0 radical (unpaired) electrons. The van der Waals surface area contributed by atoms with Crippen molar-refractivity contribution < 1.29 is 49.0 Å². The molecule has 2 heterocycles. The zero-order valence-electron chi connectivity index (χ0n) is 13.4. The maximum atomic E-state index is 14.3. The van der Waals surface area contributed by atoms with Crippen molar-refractivity contribution in [1.82, 2.24) is 4.90 Å². The monoisotopic (exact) mass is 403 g/mol. The number of nitrogens with zero attached hydrogens (tertiary/aromatic N) is 1. The highest BCUT2D eigenvalue weighted by Crippen LogP contribution is 2.44. The lowest BCUT2D eigenvalue weighted by molar-refractivity contribution is -0.305. The number of alkyl halides is 9. The lowest BCUT2D eigenvalue weighted by Crippen LogP contribution is -2.59. The summed E-state index contributed by atoms with van der Waals surface area (Å²) in [6.45, 7) is -0.330. The molecule has 0 saturated carbocycles. The second-order valence-electron chi connectivity index (χ2n) is 6.28. The van der Waals surface area contributed by atoms with Gasteiger partial charge >= 0.3 is 18.0 Å². The Morgan fingerprint density at radius 3 is 1.81 bits per heavy atom. The van der Waals surface area contributed by atoms with Crippen LogP contribution in [0.5, 0.6) is 0 Å². The Morgan fingerprint density at radius 1 is 0.808 bits per heavy atom. The molecular formula is C14H18F9NO2. The third-order valence-electron chi connectivity index (χ3n) is 4.43. The molecule has 154 valence electrons. The summed E-state index contributed by atoms with van der Waals surface area (Å²) in [6.07, 6.45) is -20.1. The molecule has 0 aromatic carbocycles. The molecule has 0 aromatic heterocycles. The summed E-state index contributed by atoms with van der Waals surface area (Å²) in [5.41, 5.74) is 0. The zero-order valence-corrected chi connectivity index (χ0v) is 13.4. The van der Waals surface area contributed by atoms with Gasteiger partial charge in [-0.05, 0) is 19.3 Å². The van der Waals surface area contributed by atoms with Crippen LogP contribution in [-0.2, 0) is 9.47 Å². The highest BCUT2D eigenvalue weighted by Gasteiger charge is 2.63. The molecule has 2 aliphatic heterocycles. The average molecular weight is 403 g/mol. The van der Waals surface area contributed by atoms with E-state index in [2.05, 4.69) is 4.74 Å². The van der Waals surface area contributed by atoms with Crippen LogP contribution in [0.1, 0.15) is 19.3 Å². The molecule has 12 heteroatoms. The standard InChI is InChI=1S/C14H18F9NO2/c15-10(14(21,22)23)12(17,18)8-2-1-3-9(26-8)13(19,20)11(16)24-4-6-25-7-5-24/h8-11H,1-7H2. The minimum absolute atomic E-state index is 0.00215. The minimum atomic E-state index is -5.88. The summed E-state index contributed by atoms with van der Waals surface area (Å²) in [4.78, 5) is 0.738. The highest BCUT2D eigenvalue weighted by molar-refractivity contribution is 4.96. The Balaban J connectivity index is 2.10. The number of morpholine rings is 1. The summed E-state index contributed by atoms with van der Waals surface area (Å²) < 4.78 is 130. The van der Waals surface area contributed by atoms with Crippen LogP contribution < -0.4 is 0 Å². The molecule has 2 rings (SSSR count). The van der Waals surface area contributed by atoms with Crippen LogP contribution in [0.3, 0.4) is 0 Å². The number of rotatable bonds is 5. The van der Waals surface area contributed by atoms with Gasteiger partial charge in [0.15, 0.2) is 0 Å². The quantitative estimate of drug-likeness (QED) is 0.516. The van der Waals surface area contributed by atoms with E-state index in [0.29, 0.717) is 0 Å². The molecule has 2 fully saturated rings. The molecule has 0 aromatic rings. The Morgan fingerprint density at radius 2 is 1.31 bits per heavy atom. The van der Waals surface area contributed by atoms with Crippen LogP contribution in [0.15, 0.2) is 0 Å². The zero-order chi connectivity index (χ0) is 19.8. The van der Waals surface area contributed by atoms with Crippen molar-refractivity contribution in [2.24, 2.45) is 0 Å². The van der Waals surface area contributed by atoms with Crippen LogP contribution in [0, 0.1) is 0 Å². The summed E-state index contributed by atoms with van der Waals surface area (Å²) >= 11 is 0. The number of hydrogen-bond donors (Lipinski definition) is 0. The van der Waals surface area contributed by atoms with Gasteiger partial charge in [-0.1, -0.05) is 0 Å². The molecule has 0 N–H and O–H groups in total. The van der Waals surface area contributed by atoms with Crippen molar-refractivity contribution in [2.75, 3.05) is 26.3 Å². The van der Waals surface area contributed by atoms with Crippen molar-refractivity contribution in [1.29, 1.82) is 0 Å². The maximum absolute atomic E-state index is 14.3. The van der Waals surface area contributed by atoms with Gasteiger partial charge in [-0.2, -0.15) is 22.0 Å². The van der Waals surface area contributed by atoms with E-state index < -0.39 is 55.5 Å². The van der Waals surface area contributed by atoms with Crippen molar-refractivity contribution in [3.8, 4) is 0 Å². The van der Waals surface area contributed by atoms with E-state index in [-0.39, 0.29) is 32.7 Å². The SMILES string of the molecule is FC(N1CCOCC1)C(F)(F)C1CCCC(C(F)(F)C(F)C(F)(F)F)O1. The minimum Gasteiger partial charge on any atom is -0.379 e. The van der Waals surface area contributed by atoms with Crippen LogP contribution in [0.25, 0.3) is 0 Å². The van der Waals surface area contributed by atoms with Crippen LogP contribution in [0.2, 0.25) is 0 Å². The molecular weight excluding hydrogens is 385 g/mol. The molecule has 0 amide bonds. The van der Waals surface area contributed by atoms with Crippen LogP contribution in [0.4, 0.5) is 39.5 Å². The summed E-state index contributed by atoms with van der Waals surface area (Å²) in [7, 11) is 0. The fourth-order valence-corrected chi connectivity index (χ4v) is 2.97. The maximum Gasteiger partial charge on any atom is 0.425 e. The van der Waals surface area contributed by atoms with E-state index >= 15 is 0 Å². The predicted octanol–water partition coefficient (Wildman–Crippen LogP) is 3.72. The third-order valence-corrected chi connectivity index (χ3v) is 4.43. The van der Waals surface area contributed by atoms with Crippen molar-refractivity contribution in [3.63, 3.8) is 0 Å².